The number of rotatable bonds is 6. The lowest BCUT2D eigenvalue weighted by molar-refractivity contribution is 0.0954. The number of phenolic OH excluding ortho intramolecular Hbond substituents is 1. The molecule has 1 heterocycles. The van der Waals surface area contributed by atoms with Crippen molar-refractivity contribution in [2.45, 2.75) is 6.42 Å². The first kappa shape index (κ1) is 18.5. The third-order valence-corrected chi connectivity index (χ3v) is 4.74. The molecule has 3 N–H and O–H groups in total. The molecule has 5 nitrogen and oxygen atoms in total. The first-order valence-corrected chi connectivity index (χ1v) is 9.47. The molecule has 0 atom stereocenters. The highest BCUT2D eigenvalue weighted by atomic mass is 16.3. The number of aromatic amines is 1. The van der Waals surface area contributed by atoms with Crippen molar-refractivity contribution in [3.8, 4) is 28.3 Å². The van der Waals surface area contributed by atoms with E-state index < -0.39 is 0 Å². The highest BCUT2D eigenvalue weighted by molar-refractivity contribution is 6.00. The summed E-state index contributed by atoms with van der Waals surface area (Å²) in [7, 11) is 0. The molecule has 144 valence electrons. The number of amides is 1. The van der Waals surface area contributed by atoms with Crippen molar-refractivity contribution in [2.24, 2.45) is 0 Å². The summed E-state index contributed by atoms with van der Waals surface area (Å²) in [6.07, 6.45) is 0.691. The molecule has 0 unspecified atom stereocenters. The topological polar surface area (TPSA) is 78.0 Å². The van der Waals surface area contributed by atoms with E-state index in [2.05, 4.69) is 15.5 Å². The van der Waals surface area contributed by atoms with E-state index in [1.165, 1.54) is 0 Å². The zero-order valence-corrected chi connectivity index (χ0v) is 15.8. The molecule has 0 aliphatic carbocycles. The number of carbonyl (C=O) groups excluding carboxylic acids is 1. The molecule has 0 radical (unpaired) electrons. The predicted molar refractivity (Wildman–Crippen MR) is 114 cm³/mol. The quantitative estimate of drug-likeness (QED) is 0.461. The molecule has 0 bridgehead atoms. The van der Waals surface area contributed by atoms with Gasteiger partial charge in [-0.05, 0) is 36.2 Å². The van der Waals surface area contributed by atoms with Crippen LogP contribution in [0.15, 0.2) is 84.9 Å². The van der Waals surface area contributed by atoms with Crippen LogP contribution in [0.3, 0.4) is 0 Å². The zero-order chi connectivity index (χ0) is 20.1. The Morgan fingerprint density at radius 1 is 0.931 bits per heavy atom. The minimum atomic E-state index is -0.129. The van der Waals surface area contributed by atoms with E-state index in [-0.39, 0.29) is 11.7 Å². The summed E-state index contributed by atoms with van der Waals surface area (Å²) >= 11 is 0. The minimum Gasteiger partial charge on any atom is -0.508 e. The molecular weight excluding hydrogens is 362 g/mol. The highest BCUT2D eigenvalue weighted by Gasteiger charge is 2.14. The molecule has 4 rings (SSSR count). The van der Waals surface area contributed by atoms with Gasteiger partial charge in [-0.2, -0.15) is 5.10 Å². The maximum atomic E-state index is 12.8. The number of phenols is 1. The van der Waals surface area contributed by atoms with Gasteiger partial charge in [0.1, 0.15) is 5.75 Å². The van der Waals surface area contributed by atoms with Crippen LogP contribution < -0.4 is 5.32 Å². The number of nitrogens with one attached hydrogen (secondary N) is 2. The molecule has 0 fully saturated rings. The van der Waals surface area contributed by atoms with E-state index in [4.69, 9.17) is 0 Å². The van der Waals surface area contributed by atoms with Crippen LogP contribution in [-0.4, -0.2) is 27.8 Å². The molecule has 1 aromatic heterocycles. The van der Waals surface area contributed by atoms with Crippen LogP contribution in [0, 0.1) is 0 Å². The van der Waals surface area contributed by atoms with Gasteiger partial charge >= 0.3 is 0 Å². The molecule has 0 aliphatic rings. The van der Waals surface area contributed by atoms with Crippen LogP contribution in [0.4, 0.5) is 0 Å². The highest BCUT2D eigenvalue weighted by Crippen LogP contribution is 2.26. The largest absolute Gasteiger partial charge is 0.508 e. The number of benzene rings is 3. The number of nitrogens with zero attached hydrogens (tertiary/aromatic N) is 1. The van der Waals surface area contributed by atoms with E-state index in [1.54, 1.807) is 12.1 Å². The van der Waals surface area contributed by atoms with Gasteiger partial charge in [-0.25, -0.2) is 0 Å². The van der Waals surface area contributed by atoms with Gasteiger partial charge in [0.05, 0.1) is 11.4 Å². The normalized spacial score (nSPS) is 10.6. The van der Waals surface area contributed by atoms with Gasteiger partial charge in [-0.1, -0.05) is 60.7 Å². The second-order valence-electron chi connectivity index (χ2n) is 6.75. The summed E-state index contributed by atoms with van der Waals surface area (Å²) in [6.45, 7) is 0.510. The number of aromatic nitrogens is 2. The monoisotopic (exact) mass is 383 g/mol. The average Bonchev–Trinajstić information content (AvgIpc) is 3.26. The molecular formula is C24H21N3O2. The molecule has 0 aliphatic heterocycles. The fourth-order valence-corrected chi connectivity index (χ4v) is 3.21. The maximum absolute atomic E-state index is 12.8. The van der Waals surface area contributed by atoms with Crippen LogP contribution in [0.5, 0.6) is 5.75 Å². The van der Waals surface area contributed by atoms with Crippen molar-refractivity contribution in [1.29, 1.82) is 0 Å². The Morgan fingerprint density at radius 2 is 1.66 bits per heavy atom. The van der Waals surface area contributed by atoms with E-state index in [0.717, 1.165) is 28.1 Å². The van der Waals surface area contributed by atoms with Crippen molar-refractivity contribution < 1.29 is 9.90 Å². The van der Waals surface area contributed by atoms with Crippen LogP contribution >= 0.6 is 0 Å². The van der Waals surface area contributed by atoms with Crippen molar-refractivity contribution in [2.75, 3.05) is 6.54 Å². The Balaban J connectivity index is 1.48. The lowest BCUT2D eigenvalue weighted by Gasteiger charge is -2.09. The first-order valence-electron chi connectivity index (χ1n) is 9.47. The molecule has 0 saturated heterocycles. The Hall–Kier alpha value is -3.86. The van der Waals surface area contributed by atoms with Crippen LogP contribution in [0.1, 0.15) is 15.9 Å². The van der Waals surface area contributed by atoms with Crippen molar-refractivity contribution in [3.05, 3.63) is 96.1 Å². The summed E-state index contributed by atoms with van der Waals surface area (Å²) < 4.78 is 0. The van der Waals surface area contributed by atoms with E-state index >= 15 is 0 Å². The van der Waals surface area contributed by atoms with Gasteiger partial charge in [0.25, 0.3) is 5.91 Å². The summed E-state index contributed by atoms with van der Waals surface area (Å²) in [6, 6.07) is 26.4. The fraction of sp³-hybridized carbons (Fsp3) is 0.0833. The smallest absolute Gasteiger partial charge is 0.251 e. The van der Waals surface area contributed by atoms with E-state index in [1.807, 2.05) is 72.8 Å². The molecule has 29 heavy (non-hydrogen) atoms. The molecule has 3 aromatic carbocycles. The lowest BCUT2D eigenvalue weighted by Crippen LogP contribution is -2.26. The Labute approximate surface area is 169 Å². The van der Waals surface area contributed by atoms with Gasteiger partial charge in [-0.3, -0.25) is 9.89 Å². The third kappa shape index (κ3) is 4.35. The summed E-state index contributed by atoms with van der Waals surface area (Å²) in [5, 5.41) is 19.8. The standard InChI is InChI=1S/C24H21N3O2/c28-19-12-10-17(11-13-19)14-15-25-24(29)21-9-5-4-8-20(21)23-16-22(26-27-23)18-6-2-1-3-7-18/h1-13,16,28H,14-15H2,(H,25,29)(H,26,27). The second kappa shape index (κ2) is 8.44. The molecule has 4 aromatic rings. The Kier molecular flexibility index (Phi) is 5.38. The predicted octanol–water partition coefficient (Wildman–Crippen LogP) is 4.42. The third-order valence-electron chi connectivity index (χ3n) is 4.74. The van der Waals surface area contributed by atoms with Crippen molar-refractivity contribution in [3.63, 3.8) is 0 Å². The second-order valence-corrected chi connectivity index (χ2v) is 6.75. The van der Waals surface area contributed by atoms with Crippen LogP contribution in [0.2, 0.25) is 0 Å². The van der Waals surface area contributed by atoms with Gasteiger partial charge in [0, 0.05) is 23.2 Å². The molecule has 5 heteroatoms. The first-order chi connectivity index (χ1) is 14.2. The summed E-state index contributed by atoms with van der Waals surface area (Å²) in [4.78, 5) is 12.8. The van der Waals surface area contributed by atoms with E-state index in [9.17, 15) is 9.90 Å². The maximum Gasteiger partial charge on any atom is 0.251 e. The summed E-state index contributed by atoms with van der Waals surface area (Å²) in [5.41, 5.74) is 5.12. The van der Waals surface area contributed by atoms with Gasteiger partial charge in [0.15, 0.2) is 0 Å². The Bertz CT molecular complexity index is 1100. The van der Waals surface area contributed by atoms with Gasteiger partial charge in [0.2, 0.25) is 0 Å². The number of hydrogen-bond acceptors (Lipinski definition) is 3. The van der Waals surface area contributed by atoms with Crippen LogP contribution in [0.25, 0.3) is 22.5 Å². The summed E-state index contributed by atoms with van der Waals surface area (Å²) in [5.74, 6) is 0.108. The van der Waals surface area contributed by atoms with E-state index in [0.29, 0.717) is 18.5 Å². The van der Waals surface area contributed by atoms with Gasteiger partial charge < -0.3 is 10.4 Å². The number of H-pyrrole nitrogens is 1. The molecule has 1 amide bonds. The SMILES string of the molecule is O=C(NCCc1ccc(O)cc1)c1ccccc1-c1cc(-c2ccccc2)n[nH]1. The minimum absolute atomic E-state index is 0.129. The van der Waals surface area contributed by atoms with Gasteiger partial charge in [-0.15, -0.1) is 0 Å². The molecule has 0 saturated carbocycles. The molecule has 0 spiro atoms. The van der Waals surface area contributed by atoms with Crippen molar-refractivity contribution in [1.82, 2.24) is 15.5 Å². The number of carbonyl (C=O) groups is 1. The number of aromatic hydroxyl groups is 1. The zero-order valence-electron chi connectivity index (χ0n) is 15.8. The average molecular weight is 383 g/mol. The lowest BCUT2D eigenvalue weighted by atomic mass is 10.0. The fourth-order valence-electron chi connectivity index (χ4n) is 3.21. The number of hydrogen-bond donors (Lipinski definition) is 3. The van der Waals surface area contributed by atoms with Crippen LogP contribution in [-0.2, 0) is 6.42 Å². The van der Waals surface area contributed by atoms with Crippen molar-refractivity contribution >= 4 is 5.91 Å². The Morgan fingerprint density at radius 3 is 2.45 bits per heavy atom.